The van der Waals surface area contributed by atoms with Crippen LogP contribution in [-0.2, 0) is 6.42 Å². The number of benzene rings is 3. The molecule has 0 spiro atoms. The van der Waals surface area contributed by atoms with Gasteiger partial charge in [-0.2, -0.15) is 0 Å². The van der Waals surface area contributed by atoms with Crippen LogP contribution < -0.4 is 4.90 Å². The third-order valence-corrected chi connectivity index (χ3v) is 5.49. The molecule has 0 atom stereocenters. The van der Waals surface area contributed by atoms with E-state index in [9.17, 15) is 4.39 Å². The maximum atomic E-state index is 13.2. The van der Waals surface area contributed by atoms with Crippen LogP contribution in [0.15, 0.2) is 84.9 Å². The lowest BCUT2D eigenvalue weighted by atomic mass is 10.0. The van der Waals surface area contributed by atoms with Crippen LogP contribution in [0.25, 0.3) is 6.08 Å². The second-order valence-electron chi connectivity index (χ2n) is 7.53. The lowest BCUT2D eigenvalue weighted by Gasteiger charge is -2.36. The highest BCUT2D eigenvalue weighted by Gasteiger charge is 2.18. The molecule has 1 heterocycles. The lowest BCUT2D eigenvalue weighted by molar-refractivity contribution is 0.284. The largest absolute Gasteiger partial charge is 0.369 e. The second kappa shape index (κ2) is 9.53. The van der Waals surface area contributed by atoms with E-state index in [4.69, 9.17) is 0 Å². The molecule has 0 radical (unpaired) electrons. The van der Waals surface area contributed by atoms with E-state index in [1.165, 1.54) is 16.8 Å². The average molecular weight is 387 g/mol. The first-order valence-electron chi connectivity index (χ1n) is 10.3. The number of para-hydroxylation sites is 1. The highest BCUT2D eigenvalue weighted by molar-refractivity contribution is 5.55. The van der Waals surface area contributed by atoms with Gasteiger partial charge in [0.1, 0.15) is 5.82 Å². The zero-order valence-electron chi connectivity index (χ0n) is 16.7. The minimum atomic E-state index is -0.181. The van der Waals surface area contributed by atoms with Gasteiger partial charge in [0.05, 0.1) is 0 Å². The van der Waals surface area contributed by atoms with Crippen molar-refractivity contribution in [2.75, 3.05) is 37.6 Å². The summed E-state index contributed by atoms with van der Waals surface area (Å²) in [6.45, 7) is 5.16. The minimum Gasteiger partial charge on any atom is -0.369 e. The Kier molecular flexibility index (Phi) is 6.38. The molecule has 4 rings (SSSR count). The second-order valence-corrected chi connectivity index (χ2v) is 7.53. The molecule has 29 heavy (non-hydrogen) atoms. The molecule has 0 bridgehead atoms. The third kappa shape index (κ3) is 5.33. The van der Waals surface area contributed by atoms with Gasteiger partial charge in [-0.3, -0.25) is 4.90 Å². The number of hydrogen-bond donors (Lipinski definition) is 0. The number of nitrogens with zero attached hydrogens (tertiary/aromatic N) is 2. The van der Waals surface area contributed by atoms with Crippen molar-refractivity contribution < 1.29 is 4.39 Å². The number of piperazine rings is 1. The van der Waals surface area contributed by atoms with Crippen molar-refractivity contribution >= 4 is 11.8 Å². The summed E-state index contributed by atoms with van der Waals surface area (Å²) in [6, 6.07) is 25.9. The van der Waals surface area contributed by atoms with Crippen LogP contribution in [-0.4, -0.2) is 37.6 Å². The molecule has 0 amide bonds. The van der Waals surface area contributed by atoms with E-state index in [-0.39, 0.29) is 5.82 Å². The average Bonchev–Trinajstić information content (AvgIpc) is 2.77. The smallest absolute Gasteiger partial charge is 0.123 e. The first-order chi connectivity index (χ1) is 14.3. The fourth-order valence-corrected chi connectivity index (χ4v) is 3.86. The van der Waals surface area contributed by atoms with Crippen molar-refractivity contribution in [3.63, 3.8) is 0 Å². The lowest BCUT2D eigenvalue weighted by Crippen LogP contribution is -2.46. The van der Waals surface area contributed by atoms with Crippen molar-refractivity contribution in [1.29, 1.82) is 0 Å². The van der Waals surface area contributed by atoms with Crippen LogP contribution >= 0.6 is 0 Å². The molecule has 1 aliphatic heterocycles. The van der Waals surface area contributed by atoms with Gasteiger partial charge in [0.2, 0.25) is 0 Å². The maximum absolute atomic E-state index is 13.2. The molecule has 0 unspecified atom stereocenters. The molecule has 3 aromatic carbocycles. The molecule has 2 nitrogen and oxygen atoms in total. The fourth-order valence-electron chi connectivity index (χ4n) is 3.86. The summed E-state index contributed by atoms with van der Waals surface area (Å²) in [5.41, 5.74) is 5.00. The summed E-state index contributed by atoms with van der Waals surface area (Å²) in [6.07, 6.45) is 5.29. The Morgan fingerprint density at radius 1 is 0.759 bits per heavy atom. The molecule has 0 saturated carbocycles. The quantitative estimate of drug-likeness (QED) is 0.571. The summed E-state index contributed by atoms with van der Waals surface area (Å²) < 4.78 is 13.2. The monoisotopic (exact) mass is 386 g/mol. The Labute approximate surface area is 172 Å². The van der Waals surface area contributed by atoms with Gasteiger partial charge < -0.3 is 4.90 Å². The summed E-state index contributed by atoms with van der Waals surface area (Å²) >= 11 is 0. The van der Waals surface area contributed by atoms with Gasteiger partial charge in [-0.1, -0.05) is 72.8 Å². The van der Waals surface area contributed by atoms with Crippen molar-refractivity contribution in [2.24, 2.45) is 0 Å². The number of halogens is 1. The highest BCUT2D eigenvalue weighted by Crippen LogP contribution is 2.24. The molecule has 0 N–H and O–H groups in total. The first kappa shape index (κ1) is 19.4. The normalized spacial score (nSPS) is 15.1. The van der Waals surface area contributed by atoms with Crippen molar-refractivity contribution in [3.05, 3.63) is 107 Å². The zero-order valence-corrected chi connectivity index (χ0v) is 16.7. The van der Waals surface area contributed by atoms with Crippen LogP contribution in [0.3, 0.4) is 0 Å². The predicted octanol–water partition coefficient (Wildman–Crippen LogP) is 5.25. The van der Waals surface area contributed by atoms with Gasteiger partial charge in [-0.15, -0.1) is 0 Å². The number of rotatable bonds is 6. The SMILES string of the molecule is Fc1ccc(Cc2ccccc2N2CCN(C/C=C/c3ccccc3)CC2)cc1. The van der Waals surface area contributed by atoms with Crippen LogP contribution in [0, 0.1) is 5.82 Å². The Hall–Kier alpha value is -2.91. The van der Waals surface area contributed by atoms with E-state index < -0.39 is 0 Å². The van der Waals surface area contributed by atoms with Gasteiger partial charge in [0, 0.05) is 38.4 Å². The van der Waals surface area contributed by atoms with Crippen LogP contribution in [0.4, 0.5) is 10.1 Å². The van der Waals surface area contributed by atoms with Crippen molar-refractivity contribution in [2.45, 2.75) is 6.42 Å². The Balaban J connectivity index is 1.35. The fraction of sp³-hybridized carbons (Fsp3) is 0.231. The highest BCUT2D eigenvalue weighted by atomic mass is 19.1. The van der Waals surface area contributed by atoms with E-state index in [1.807, 2.05) is 18.2 Å². The molecule has 0 aliphatic carbocycles. The maximum Gasteiger partial charge on any atom is 0.123 e. The zero-order chi connectivity index (χ0) is 19.9. The summed E-state index contributed by atoms with van der Waals surface area (Å²) in [5.74, 6) is -0.181. The standard InChI is InChI=1S/C26H27FN2/c27-25-14-12-23(13-15-25)21-24-10-4-5-11-26(24)29-19-17-28(18-20-29)16-6-9-22-7-2-1-3-8-22/h1-15H,16-21H2/b9-6+. The summed E-state index contributed by atoms with van der Waals surface area (Å²) in [7, 11) is 0. The molecule has 1 saturated heterocycles. The van der Waals surface area contributed by atoms with Crippen LogP contribution in [0.5, 0.6) is 0 Å². The van der Waals surface area contributed by atoms with E-state index in [0.29, 0.717) is 0 Å². The molecule has 3 aromatic rings. The van der Waals surface area contributed by atoms with Gasteiger partial charge in [-0.25, -0.2) is 4.39 Å². The van der Waals surface area contributed by atoms with E-state index >= 15 is 0 Å². The van der Waals surface area contributed by atoms with Gasteiger partial charge >= 0.3 is 0 Å². The summed E-state index contributed by atoms with van der Waals surface area (Å²) in [5, 5.41) is 0. The third-order valence-electron chi connectivity index (χ3n) is 5.49. The molecule has 1 aliphatic rings. The summed E-state index contributed by atoms with van der Waals surface area (Å²) in [4.78, 5) is 4.98. The van der Waals surface area contributed by atoms with E-state index in [1.54, 1.807) is 12.1 Å². The van der Waals surface area contributed by atoms with E-state index in [2.05, 4.69) is 70.5 Å². The minimum absolute atomic E-state index is 0.181. The Morgan fingerprint density at radius 2 is 1.45 bits per heavy atom. The van der Waals surface area contributed by atoms with Gasteiger partial charge in [0.15, 0.2) is 0 Å². The Bertz CT molecular complexity index is 926. The van der Waals surface area contributed by atoms with Gasteiger partial charge in [-0.05, 0) is 41.3 Å². The predicted molar refractivity (Wildman–Crippen MR) is 120 cm³/mol. The van der Waals surface area contributed by atoms with Crippen molar-refractivity contribution in [1.82, 2.24) is 4.90 Å². The topological polar surface area (TPSA) is 6.48 Å². The molecule has 3 heteroatoms. The van der Waals surface area contributed by atoms with Gasteiger partial charge in [0.25, 0.3) is 0 Å². The number of anilines is 1. The molecular weight excluding hydrogens is 359 g/mol. The number of hydrogen-bond acceptors (Lipinski definition) is 2. The first-order valence-corrected chi connectivity index (χ1v) is 10.3. The molecule has 0 aromatic heterocycles. The van der Waals surface area contributed by atoms with Crippen LogP contribution in [0.2, 0.25) is 0 Å². The molecule has 148 valence electrons. The van der Waals surface area contributed by atoms with Crippen LogP contribution in [0.1, 0.15) is 16.7 Å². The van der Waals surface area contributed by atoms with E-state index in [0.717, 1.165) is 44.7 Å². The molecule has 1 fully saturated rings. The van der Waals surface area contributed by atoms with Crippen molar-refractivity contribution in [3.8, 4) is 0 Å². The Morgan fingerprint density at radius 3 is 2.21 bits per heavy atom. The molecular formula is C26H27FN2.